The summed E-state index contributed by atoms with van der Waals surface area (Å²) in [5.74, 6) is -2.16. The highest BCUT2D eigenvalue weighted by molar-refractivity contribution is 9.10. The molecule has 2 aromatic carbocycles. The summed E-state index contributed by atoms with van der Waals surface area (Å²) in [6.45, 7) is 0. The highest BCUT2D eigenvalue weighted by Crippen LogP contribution is 2.53. The Morgan fingerprint density at radius 2 is 1.81 bits per heavy atom. The number of nitro groups is 1. The lowest BCUT2D eigenvalue weighted by molar-refractivity contribution is -0.384. The minimum absolute atomic E-state index is 0.113. The minimum atomic E-state index is -0.776. The van der Waals surface area contributed by atoms with Gasteiger partial charge in [0.05, 0.1) is 21.6 Å². The summed E-state index contributed by atoms with van der Waals surface area (Å²) in [5.41, 5.74) is 0.876. The highest BCUT2D eigenvalue weighted by Gasteiger charge is 2.56. The Hall–Kier alpha value is -2.76. The van der Waals surface area contributed by atoms with Crippen molar-refractivity contribution >= 4 is 62.2 Å². The van der Waals surface area contributed by atoms with Crippen molar-refractivity contribution in [3.8, 4) is 0 Å². The van der Waals surface area contributed by atoms with Crippen molar-refractivity contribution in [3.05, 3.63) is 83.2 Å². The number of thioether (sulfide) groups is 1. The standard InChI is InChI=1S/C20H12BrN3O5S2/c21-10-4-6-11(7-5-10)23-18(25)14-13(9-2-1-3-12(8-9)24(28)29)15-17(22-20(27)31-15)30-16(14)19(23)26/h1-8,13-14,16H,(H,22,27)/t13-,14+,16+/m1/s1. The van der Waals surface area contributed by atoms with Gasteiger partial charge in [0.25, 0.3) is 5.69 Å². The second-order valence-corrected chi connectivity index (χ2v) is 10.2. The molecule has 0 bridgehead atoms. The number of hydrogen-bond donors (Lipinski definition) is 1. The molecule has 0 aliphatic carbocycles. The molecule has 156 valence electrons. The third-order valence-electron chi connectivity index (χ3n) is 5.35. The predicted molar refractivity (Wildman–Crippen MR) is 120 cm³/mol. The number of fused-ring (bicyclic) bond motifs is 2. The second kappa shape index (κ2) is 7.43. The van der Waals surface area contributed by atoms with Gasteiger partial charge in [-0.2, -0.15) is 0 Å². The van der Waals surface area contributed by atoms with Crippen molar-refractivity contribution in [1.82, 2.24) is 4.98 Å². The normalized spacial score (nSPS) is 22.4. The number of non-ortho nitro benzene ring substituents is 1. The topological polar surface area (TPSA) is 113 Å². The van der Waals surface area contributed by atoms with Crippen LogP contribution in [0, 0.1) is 16.0 Å². The molecule has 11 heteroatoms. The van der Waals surface area contributed by atoms with Crippen LogP contribution in [0.2, 0.25) is 0 Å². The zero-order valence-corrected chi connectivity index (χ0v) is 18.7. The molecule has 1 N–H and O–H groups in total. The van der Waals surface area contributed by atoms with E-state index in [4.69, 9.17) is 0 Å². The number of benzene rings is 2. The maximum Gasteiger partial charge on any atom is 0.305 e. The van der Waals surface area contributed by atoms with Crippen molar-refractivity contribution in [2.75, 3.05) is 4.90 Å². The van der Waals surface area contributed by atoms with Gasteiger partial charge >= 0.3 is 4.87 Å². The summed E-state index contributed by atoms with van der Waals surface area (Å²) >= 11 is 5.48. The number of anilines is 1. The van der Waals surface area contributed by atoms with Gasteiger partial charge in [0.15, 0.2) is 0 Å². The number of amides is 2. The first-order valence-corrected chi connectivity index (χ1v) is 11.6. The Balaban J connectivity index is 1.66. The fourth-order valence-corrected chi connectivity index (χ4v) is 6.83. The van der Waals surface area contributed by atoms with E-state index in [0.717, 1.165) is 15.8 Å². The molecule has 3 heterocycles. The molecule has 3 atom stereocenters. The van der Waals surface area contributed by atoms with E-state index in [0.29, 0.717) is 21.2 Å². The first-order chi connectivity index (χ1) is 14.8. The lowest BCUT2D eigenvalue weighted by atomic mass is 9.83. The van der Waals surface area contributed by atoms with Crippen LogP contribution in [-0.2, 0) is 9.59 Å². The number of rotatable bonds is 3. The fraction of sp³-hybridized carbons (Fsp3) is 0.150. The number of nitro benzene ring substituents is 1. The molecule has 2 aliphatic heterocycles. The molecular weight excluding hydrogens is 506 g/mol. The zero-order valence-electron chi connectivity index (χ0n) is 15.5. The molecule has 0 unspecified atom stereocenters. The summed E-state index contributed by atoms with van der Waals surface area (Å²) in [5, 5.41) is 11.1. The van der Waals surface area contributed by atoms with Gasteiger partial charge in [-0.25, -0.2) is 4.90 Å². The molecule has 2 aliphatic rings. The Morgan fingerprint density at radius 1 is 1.06 bits per heavy atom. The fourth-order valence-electron chi connectivity index (χ4n) is 4.05. The average Bonchev–Trinajstić information content (AvgIpc) is 3.24. The lowest BCUT2D eigenvalue weighted by Crippen LogP contribution is -2.32. The van der Waals surface area contributed by atoms with Crippen LogP contribution in [0.25, 0.3) is 0 Å². The number of nitrogens with zero attached hydrogens (tertiary/aromatic N) is 2. The van der Waals surface area contributed by atoms with Crippen LogP contribution in [0.5, 0.6) is 0 Å². The van der Waals surface area contributed by atoms with Gasteiger partial charge in [-0.1, -0.05) is 51.2 Å². The van der Waals surface area contributed by atoms with Gasteiger partial charge in [0.2, 0.25) is 11.8 Å². The number of aromatic nitrogens is 1. The van der Waals surface area contributed by atoms with Gasteiger partial charge in [0.1, 0.15) is 5.25 Å². The third-order valence-corrected chi connectivity index (χ3v) is 8.28. The zero-order chi connectivity index (χ0) is 21.9. The first-order valence-electron chi connectivity index (χ1n) is 9.12. The SMILES string of the molecule is O=C1[C@H]2[C@@H](c3cccc([N+](=O)[O-])c3)c3sc(=O)[nH]c3S[C@@H]2C(=O)N1c1ccc(Br)cc1. The van der Waals surface area contributed by atoms with E-state index >= 15 is 0 Å². The number of H-pyrrole nitrogens is 1. The molecule has 8 nitrogen and oxygen atoms in total. The lowest BCUT2D eigenvalue weighted by Gasteiger charge is -2.29. The van der Waals surface area contributed by atoms with Crippen LogP contribution in [0.15, 0.2) is 62.8 Å². The van der Waals surface area contributed by atoms with Gasteiger partial charge < -0.3 is 4.98 Å². The second-order valence-electron chi connectivity index (χ2n) is 7.09. The van der Waals surface area contributed by atoms with E-state index in [1.807, 2.05) is 0 Å². The number of halogens is 1. The Morgan fingerprint density at radius 3 is 2.52 bits per heavy atom. The first kappa shape index (κ1) is 20.2. The van der Waals surface area contributed by atoms with Gasteiger partial charge in [-0.05, 0) is 29.8 Å². The Bertz CT molecular complexity index is 1300. The van der Waals surface area contributed by atoms with E-state index in [9.17, 15) is 24.5 Å². The highest BCUT2D eigenvalue weighted by atomic mass is 79.9. The molecule has 0 spiro atoms. The predicted octanol–water partition coefficient (Wildman–Crippen LogP) is 3.90. The van der Waals surface area contributed by atoms with Gasteiger partial charge in [-0.15, -0.1) is 0 Å². The molecule has 1 saturated heterocycles. The molecule has 2 amide bonds. The number of carbonyl (C=O) groups excluding carboxylic acids is 2. The van der Waals surface area contributed by atoms with Crippen LogP contribution >= 0.6 is 39.0 Å². The minimum Gasteiger partial charge on any atom is -0.307 e. The maximum absolute atomic E-state index is 13.5. The van der Waals surface area contributed by atoms with E-state index in [-0.39, 0.29) is 22.4 Å². The summed E-state index contributed by atoms with van der Waals surface area (Å²) in [4.78, 5) is 53.9. The summed E-state index contributed by atoms with van der Waals surface area (Å²) < 4.78 is 0.816. The third kappa shape index (κ3) is 3.24. The van der Waals surface area contributed by atoms with E-state index in [2.05, 4.69) is 20.9 Å². The van der Waals surface area contributed by atoms with Crippen molar-refractivity contribution in [2.24, 2.45) is 5.92 Å². The molecule has 3 aromatic rings. The van der Waals surface area contributed by atoms with E-state index in [1.54, 1.807) is 36.4 Å². The molecule has 0 radical (unpaired) electrons. The summed E-state index contributed by atoms with van der Waals surface area (Å²) in [6, 6.07) is 12.9. The number of nitrogens with one attached hydrogen (secondary N) is 1. The molecule has 1 fully saturated rings. The Kier molecular flexibility index (Phi) is 4.83. The number of thiazole rings is 1. The van der Waals surface area contributed by atoms with Crippen molar-refractivity contribution in [3.63, 3.8) is 0 Å². The van der Waals surface area contributed by atoms with Crippen LogP contribution in [0.1, 0.15) is 16.4 Å². The quantitative estimate of drug-likeness (QED) is 0.320. The molecule has 0 saturated carbocycles. The van der Waals surface area contributed by atoms with Crippen molar-refractivity contribution in [1.29, 1.82) is 0 Å². The van der Waals surface area contributed by atoms with Crippen molar-refractivity contribution < 1.29 is 14.5 Å². The number of aromatic amines is 1. The van der Waals surface area contributed by atoms with E-state index < -0.39 is 22.0 Å². The van der Waals surface area contributed by atoms with Crippen molar-refractivity contribution in [2.45, 2.75) is 16.2 Å². The monoisotopic (exact) mass is 517 g/mol. The smallest absolute Gasteiger partial charge is 0.305 e. The molecular formula is C20H12BrN3O5S2. The van der Waals surface area contributed by atoms with Crippen LogP contribution in [0.4, 0.5) is 11.4 Å². The van der Waals surface area contributed by atoms with Gasteiger partial charge in [-0.3, -0.25) is 24.5 Å². The summed E-state index contributed by atoms with van der Waals surface area (Å²) in [7, 11) is 0. The average molecular weight is 518 g/mol. The molecule has 5 rings (SSSR count). The Labute approximate surface area is 191 Å². The molecule has 1 aromatic heterocycles. The van der Waals surface area contributed by atoms with Crippen LogP contribution in [-0.4, -0.2) is 27.0 Å². The summed E-state index contributed by atoms with van der Waals surface area (Å²) in [6.07, 6.45) is 0. The van der Waals surface area contributed by atoms with Crippen LogP contribution < -0.4 is 9.77 Å². The van der Waals surface area contributed by atoms with E-state index in [1.165, 1.54) is 28.8 Å². The maximum atomic E-state index is 13.5. The number of imide groups is 1. The number of carbonyl (C=O) groups is 2. The van der Waals surface area contributed by atoms with Gasteiger partial charge in [0, 0.05) is 27.4 Å². The largest absolute Gasteiger partial charge is 0.307 e. The molecule has 31 heavy (non-hydrogen) atoms. The van der Waals surface area contributed by atoms with Crippen LogP contribution in [0.3, 0.4) is 0 Å². The number of hydrogen-bond acceptors (Lipinski definition) is 7.